The molecule has 1 unspecified atom stereocenters. The van der Waals surface area contributed by atoms with Gasteiger partial charge in [-0.1, -0.05) is 19.1 Å². The van der Waals surface area contributed by atoms with Crippen LogP contribution in [0, 0.1) is 0 Å². The molecule has 3 aromatic rings. The van der Waals surface area contributed by atoms with Gasteiger partial charge in [-0.05, 0) is 49.2 Å². The van der Waals surface area contributed by atoms with Crippen molar-refractivity contribution in [3.63, 3.8) is 0 Å². The first-order chi connectivity index (χ1) is 14.9. The van der Waals surface area contributed by atoms with Crippen molar-refractivity contribution in [3.05, 3.63) is 53.4 Å². The lowest BCUT2D eigenvalue weighted by molar-refractivity contribution is -0.125. The first-order valence-electron chi connectivity index (χ1n) is 10.0. The van der Waals surface area contributed by atoms with Crippen molar-refractivity contribution in [2.24, 2.45) is 0 Å². The molecule has 1 aliphatic rings. The summed E-state index contributed by atoms with van der Waals surface area (Å²) < 4.78 is 11.2. The van der Waals surface area contributed by atoms with Gasteiger partial charge < -0.3 is 14.4 Å². The van der Waals surface area contributed by atoms with E-state index in [-0.39, 0.29) is 18.4 Å². The van der Waals surface area contributed by atoms with Gasteiger partial charge in [0.2, 0.25) is 0 Å². The number of nitrogens with zero attached hydrogens (tertiary/aromatic N) is 2. The average molecular weight is 438 g/mol. The molecule has 8 heteroatoms. The Hall–Kier alpha value is -3.39. The number of rotatable bonds is 6. The van der Waals surface area contributed by atoms with E-state index < -0.39 is 6.10 Å². The Kier molecular flexibility index (Phi) is 5.90. The smallest absolute Gasteiger partial charge is 0.267 e. The maximum absolute atomic E-state index is 12.2. The third-order valence-electron chi connectivity index (χ3n) is 5.05. The van der Waals surface area contributed by atoms with Crippen molar-refractivity contribution in [2.75, 3.05) is 23.9 Å². The Morgan fingerprint density at radius 1 is 1.26 bits per heavy atom. The number of amides is 2. The summed E-state index contributed by atoms with van der Waals surface area (Å²) in [5.74, 6) is 0.932. The van der Waals surface area contributed by atoms with Crippen LogP contribution in [-0.4, -0.2) is 36.6 Å². The standard InChI is InChI=1S/C23H23N3O4S/c1-4-15-5-8-17(9-6-15)29-12-21(27)25-23-24-18(13-31-23)16-7-10-20-19(11-16)26(3)22(28)14(2)30-20/h5-11,13-14H,4,12H2,1-3H3,(H,24,25,27). The number of thiazole rings is 1. The van der Waals surface area contributed by atoms with E-state index in [4.69, 9.17) is 9.47 Å². The summed E-state index contributed by atoms with van der Waals surface area (Å²) in [7, 11) is 1.73. The van der Waals surface area contributed by atoms with Crippen molar-refractivity contribution >= 4 is 34.0 Å². The van der Waals surface area contributed by atoms with Gasteiger partial charge >= 0.3 is 0 Å². The number of anilines is 2. The molecular formula is C23H23N3O4S. The van der Waals surface area contributed by atoms with E-state index in [2.05, 4.69) is 17.2 Å². The predicted octanol–water partition coefficient (Wildman–Crippen LogP) is 4.13. The second kappa shape index (κ2) is 8.77. The molecule has 0 aliphatic carbocycles. The fourth-order valence-corrected chi connectivity index (χ4v) is 4.00. The summed E-state index contributed by atoms with van der Waals surface area (Å²) in [5.41, 5.74) is 3.45. The highest BCUT2D eigenvalue weighted by Crippen LogP contribution is 2.37. The van der Waals surface area contributed by atoms with Crippen molar-refractivity contribution in [2.45, 2.75) is 26.4 Å². The number of hydrogen-bond donors (Lipinski definition) is 1. The van der Waals surface area contributed by atoms with Crippen molar-refractivity contribution in [1.29, 1.82) is 0 Å². The number of nitrogens with one attached hydrogen (secondary N) is 1. The number of hydrogen-bond acceptors (Lipinski definition) is 6. The minimum atomic E-state index is -0.503. The number of fused-ring (bicyclic) bond motifs is 1. The van der Waals surface area contributed by atoms with E-state index in [0.29, 0.717) is 28.0 Å². The maximum Gasteiger partial charge on any atom is 0.267 e. The molecule has 0 fully saturated rings. The summed E-state index contributed by atoms with van der Waals surface area (Å²) >= 11 is 1.33. The molecule has 0 radical (unpaired) electrons. The second-order valence-electron chi connectivity index (χ2n) is 7.21. The number of likely N-dealkylation sites (N-methyl/N-ethyl adjacent to an activating group) is 1. The summed E-state index contributed by atoms with van der Waals surface area (Å²) in [6.45, 7) is 3.72. The van der Waals surface area contributed by atoms with E-state index in [1.807, 2.05) is 47.8 Å². The van der Waals surface area contributed by atoms with Crippen molar-refractivity contribution in [3.8, 4) is 22.8 Å². The number of carbonyl (C=O) groups excluding carboxylic acids is 2. The van der Waals surface area contributed by atoms with Gasteiger partial charge in [0.1, 0.15) is 11.5 Å². The van der Waals surface area contributed by atoms with Crippen LogP contribution in [0.2, 0.25) is 0 Å². The Morgan fingerprint density at radius 3 is 2.77 bits per heavy atom. The highest BCUT2D eigenvalue weighted by Gasteiger charge is 2.29. The van der Waals surface area contributed by atoms with Gasteiger partial charge in [-0.2, -0.15) is 0 Å². The highest BCUT2D eigenvalue weighted by atomic mass is 32.1. The number of aryl methyl sites for hydroxylation is 1. The quantitative estimate of drug-likeness (QED) is 0.627. The monoisotopic (exact) mass is 437 g/mol. The Labute approximate surface area is 184 Å². The minimum absolute atomic E-state index is 0.0956. The van der Waals surface area contributed by atoms with E-state index in [1.165, 1.54) is 16.9 Å². The molecule has 31 heavy (non-hydrogen) atoms. The largest absolute Gasteiger partial charge is 0.484 e. The molecule has 2 heterocycles. The molecule has 160 valence electrons. The molecule has 2 amide bonds. The van der Waals surface area contributed by atoms with Gasteiger partial charge in [-0.3, -0.25) is 14.9 Å². The Morgan fingerprint density at radius 2 is 2.03 bits per heavy atom. The number of carbonyl (C=O) groups is 2. The van der Waals surface area contributed by atoms with Crippen LogP contribution >= 0.6 is 11.3 Å². The molecule has 7 nitrogen and oxygen atoms in total. The van der Waals surface area contributed by atoms with Gasteiger partial charge in [0.15, 0.2) is 17.8 Å². The average Bonchev–Trinajstić information content (AvgIpc) is 3.24. The molecule has 0 saturated carbocycles. The Bertz CT molecular complexity index is 1110. The fraction of sp³-hybridized carbons (Fsp3) is 0.261. The molecule has 0 bridgehead atoms. The molecule has 0 spiro atoms. The summed E-state index contributed by atoms with van der Waals surface area (Å²) in [6, 6.07) is 13.3. The molecular weight excluding hydrogens is 414 g/mol. The molecule has 4 rings (SSSR count). The van der Waals surface area contributed by atoms with Crippen LogP contribution in [0.4, 0.5) is 10.8 Å². The van der Waals surface area contributed by atoms with Gasteiger partial charge in [0, 0.05) is 18.0 Å². The molecule has 0 saturated heterocycles. The summed E-state index contributed by atoms with van der Waals surface area (Å²) in [5, 5.41) is 5.10. The summed E-state index contributed by atoms with van der Waals surface area (Å²) in [6.07, 6.45) is 0.451. The van der Waals surface area contributed by atoms with Gasteiger partial charge in [0.05, 0.1) is 11.4 Å². The van der Waals surface area contributed by atoms with Crippen LogP contribution in [0.3, 0.4) is 0 Å². The number of benzene rings is 2. The molecule has 1 aliphatic heterocycles. The zero-order chi connectivity index (χ0) is 22.0. The minimum Gasteiger partial charge on any atom is -0.484 e. The van der Waals surface area contributed by atoms with Crippen LogP contribution < -0.4 is 19.7 Å². The third-order valence-corrected chi connectivity index (χ3v) is 5.81. The first-order valence-corrected chi connectivity index (χ1v) is 10.9. The number of ether oxygens (including phenoxy) is 2. The maximum atomic E-state index is 12.2. The Balaban J connectivity index is 1.40. The van der Waals surface area contributed by atoms with Crippen LogP contribution in [0.1, 0.15) is 19.4 Å². The fourth-order valence-electron chi connectivity index (χ4n) is 3.26. The molecule has 1 aromatic heterocycles. The zero-order valence-corrected chi connectivity index (χ0v) is 18.4. The van der Waals surface area contributed by atoms with Crippen molar-refractivity contribution < 1.29 is 19.1 Å². The normalized spacial score (nSPS) is 15.3. The summed E-state index contributed by atoms with van der Waals surface area (Å²) in [4.78, 5) is 30.5. The topological polar surface area (TPSA) is 80.8 Å². The van der Waals surface area contributed by atoms with Gasteiger partial charge in [-0.25, -0.2) is 4.98 Å². The van der Waals surface area contributed by atoms with Gasteiger partial charge in [-0.15, -0.1) is 11.3 Å². The first kappa shape index (κ1) is 20.9. The van der Waals surface area contributed by atoms with E-state index >= 15 is 0 Å². The zero-order valence-electron chi connectivity index (χ0n) is 17.5. The highest BCUT2D eigenvalue weighted by molar-refractivity contribution is 7.14. The van der Waals surface area contributed by atoms with Crippen LogP contribution in [0.15, 0.2) is 47.8 Å². The second-order valence-corrected chi connectivity index (χ2v) is 8.07. The molecule has 1 atom stereocenters. The van der Waals surface area contributed by atoms with Crippen LogP contribution in [-0.2, 0) is 16.0 Å². The van der Waals surface area contributed by atoms with Crippen LogP contribution in [0.5, 0.6) is 11.5 Å². The van der Waals surface area contributed by atoms with E-state index in [9.17, 15) is 9.59 Å². The molecule has 2 aromatic carbocycles. The van der Waals surface area contributed by atoms with E-state index in [0.717, 1.165) is 12.0 Å². The lowest BCUT2D eigenvalue weighted by atomic mass is 10.1. The van der Waals surface area contributed by atoms with Gasteiger partial charge in [0.25, 0.3) is 11.8 Å². The number of aromatic nitrogens is 1. The lowest BCUT2D eigenvalue weighted by Crippen LogP contribution is -2.41. The van der Waals surface area contributed by atoms with Crippen molar-refractivity contribution in [1.82, 2.24) is 4.98 Å². The predicted molar refractivity (Wildman–Crippen MR) is 121 cm³/mol. The molecule has 1 N–H and O–H groups in total. The lowest BCUT2D eigenvalue weighted by Gasteiger charge is -2.30. The van der Waals surface area contributed by atoms with E-state index in [1.54, 1.807) is 18.9 Å². The van der Waals surface area contributed by atoms with Crippen LogP contribution in [0.25, 0.3) is 11.3 Å². The third kappa shape index (κ3) is 4.54. The SMILES string of the molecule is CCc1ccc(OCC(=O)Nc2nc(-c3ccc4c(c3)N(C)C(=O)C(C)O4)cs2)cc1.